The number of carbonyl (C=O) groups excluding carboxylic acids is 2. The molecule has 2 aliphatic heterocycles. The van der Waals surface area contributed by atoms with E-state index in [1.165, 1.54) is 15.6 Å². The maximum absolute atomic E-state index is 13.1. The Hall–Kier alpha value is -2.23. The molecule has 7 nitrogen and oxygen atoms in total. The van der Waals surface area contributed by atoms with Crippen molar-refractivity contribution in [3.8, 4) is 0 Å². The third kappa shape index (κ3) is 4.43. The predicted molar refractivity (Wildman–Crippen MR) is 116 cm³/mol. The summed E-state index contributed by atoms with van der Waals surface area (Å²) in [7, 11) is -3.43. The Kier molecular flexibility index (Phi) is 6.21. The van der Waals surface area contributed by atoms with Gasteiger partial charge in [-0.3, -0.25) is 9.59 Å². The van der Waals surface area contributed by atoms with E-state index in [0.717, 1.165) is 12.0 Å². The molecule has 0 radical (unpaired) electrons. The summed E-state index contributed by atoms with van der Waals surface area (Å²) in [6.45, 7) is 1.85. The summed E-state index contributed by atoms with van der Waals surface area (Å²) >= 11 is 1.38. The number of sulfonamides is 1. The van der Waals surface area contributed by atoms with Crippen LogP contribution in [-0.2, 0) is 20.6 Å². The molecule has 3 heterocycles. The van der Waals surface area contributed by atoms with Gasteiger partial charge in [0.05, 0.1) is 10.6 Å². The number of hydrogen-bond acceptors (Lipinski definition) is 5. The second-order valence-corrected chi connectivity index (χ2v) is 10.5. The van der Waals surface area contributed by atoms with Crippen molar-refractivity contribution in [3.63, 3.8) is 0 Å². The molecule has 30 heavy (non-hydrogen) atoms. The van der Waals surface area contributed by atoms with Gasteiger partial charge in [-0.1, -0.05) is 36.4 Å². The minimum atomic E-state index is -3.43. The lowest BCUT2D eigenvalue weighted by molar-refractivity contribution is -0.136. The first-order valence-corrected chi connectivity index (χ1v) is 12.6. The van der Waals surface area contributed by atoms with Crippen LogP contribution >= 0.6 is 11.3 Å². The fraction of sp³-hybridized carbons (Fsp3) is 0.429. The average molecular weight is 448 g/mol. The van der Waals surface area contributed by atoms with E-state index in [4.69, 9.17) is 0 Å². The molecule has 9 heteroatoms. The molecule has 0 aliphatic carbocycles. The summed E-state index contributed by atoms with van der Waals surface area (Å²) in [6, 6.07) is 12.3. The lowest BCUT2D eigenvalue weighted by atomic mass is 10.1. The van der Waals surface area contributed by atoms with Crippen LogP contribution in [0.3, 0.4) is 0 Å². The molecule has 0 spiro atoms. The molecule has 4 rings (SSSR count). The fourth-order valence-corrected chi connectivity index (χ4v) is 6.28. The van der Waals surface area contributed by atoms with Crippen LogP contribution in [0.2, 0.25) is 0 Å². The lowest BCUT2D eigenvalue weighted by Crippen LogP contribution is -2.55. The number of piperazine rings is 1. The first-order chi connectivity index (χ1) is 14.5. The topological polar surface area (TPSA) is 78.0 Å². The maximum atomic E-state index is 13.1. The van der Waals surface area contributed by atoms with Gasteiger partial charge in [0.1, 0.15) is 6.04 Å². The highest BCUT2D eigenvalue weighted by Gasteiger charge is 2.38. The zero-order valence-electron chi connectivity index (χ0n) is 16.6. The van der Waals surface area contributed by atoms with Gasteiger partial charge < -0.3 is 9.80 Å². The predicted octanol–water partition coefficient (Wildman–Crippen LogP) is 2.03. The molecule has 1 atom stereocenters. The van der Waals surface area contributed by atoms with Crippen LogP contribution < -0.4 is 0 Å². The van der Waals surface area contributed by atoms with E-state index in [1.54, 1.807) is 28.0 Å². The van der Waals surface area contributed by atoms with Crippen molar-refractivity contribution < 1.29 is 18.0 Å². The van der Waals surface area contributed by atoms with Crippen LogP contribution in [0.1, 0.15) is 28.1 Å². The van der Waals surface area contributed by atoms with E-state index in [9.17, 15) is 18.0 Å². The summed E-state index contributed by atoms with van der Waals surface area (Å²) in [6.07, 6.45) is 1.46. The van der Waals surface area contributed by atoms with Crippen molar-refractivity contribution in [1.82, 2.24) is 14.1 Å². The molecule has 1 aromatic carbocycles. The van der Waals surface area contributed by atoms with Crippen LogP contribution in [-0.4, -0.2) is 73.1 Å². The van der Waals surface area contributed by atoms with Crippen molar-refractivity contribution in [2.45, 2.75) is 24.6 Å². The molecule has 2 aliphatic rings. The Labute approximate surface area is 180 Å². The SMILES string of the molecule is O=C([C@H]1CCCN1C(=O)c1cccs1)N1CCN(S(=O)(=O)Cc2ccccc2)CC1. The molecular weight excluding hydrogens is 422 g/mol. The highest BCUT2D eigenvalue weighted by molar-refractivity contribution is 7.88. The van der Waals surface area contributed by atoms with E-state index in [-0.39, 0.29) is 30.7 Å². The van der Waals surface area contributed by atoms with E-state index >= 15 is 0 Å². The van der Waals surface area contributed by atoms with Crippen molar-refractivity contribution in [2.24, 2.45) is 0 Å². The zero-order chi connectivity index (χ0) is 21.1. The Morgan fingerprint density at radius 3 is 2.37 bits per heavy atom. The molecule has 2 aromatic rings. The fourth-order valence-electron chi connectivity index (χ4n) is 4.08. The Balaban J connectivity index is 1.36. The number of rotatable bonds is 5. The van der Waals surface area contributed by atoms with Gasteiger partial charge in [0, 0.05) is 32.7 Å². The van der Waals surface area contributed by atoms with E-state index < -0.39 is 16.1 Å². The first-order valence-electron chi connectivity index (χ1n) is 10.1. The summed E-state index contributed by atoms with van der Waals surface area (Å²) in [5.74, 6) is -0.199. The summed E-state index contributed by atoms with van der Waals surface area (Å²) < 4.78 is 26.9. The van der Waals surface area contributed by atoms with E-state index in [2.05, 4.69) is 0 Å². The number of carbonyl (C=O) groups is 2. The maximum Gasteiger partial charge on any atom is 0.264 e. The Bertz CT molecular complexity index is 985. The minimum absolute atomic E-state index is 0.0342. The average Bonchev–Trinajstić information content (AvgIpc) is 3.45. The van der Waals surface area contributed by atoms with Gasteiger partial charge in [-0.15, -0.1) is 11.3 Å². The normalized spacial score (nSPS) is 20.5. The molecule has 0 N–H and O–H groups in total. The summed E-state index contributed by atoms with van der Waals surface area (Å²) in [5, 5.41) is 1.86. The first kappa shape index (κ1) is 21.0. The highest BCUT2D eigenvalue weighted by atomic mass is 32.2. The zero-order valence-corrected chi connectivity index (χ0v) is 18.3. The summed E-state index contributed by atoms with van der Waals surface area (Å²) in [4.78, 5) is 29.9. The van der Waals surface area contributed by atoms with Gasteiger partial charge >= 0.3 is 0 Å². The van der Waals surface area contributed by atoms with Crippen LogP contribution in [0.15, 0.2) is 47.8 Å². The number of likely N-dealkylation sites (tertiary alicyclic amines) is 1. The Morgan fingerprint density at radius 2 is 1.70 bits per heavy atom. The highest BCUT2D eigenvalue weighted by Crippen LogP contribution is 2.24. The van der Waals surface area contributed by atoms with Gasteiger partial charge in [0.25, 0.3) is 5.91 Å². The summed E-state index contributed by atoms with van der Waals surface area (Å²) in [5.41, 5.74) is 0.754. The second-order valence-electron chi connectivity index (χ2n) is 7.60. The molecule has 1 aromatic heterocycles. The Morgan fingerprint density at radius 1 is 0.967 bits per heavy atom. The largest absolute Gasteiger partial charge is 0.338 e. The van der Waals surface area contributed by atoms with Crippen molar-refractivity contribution >= 4 is 33.2 Å². The monoisotopic (exact) mass is 447 g/mol. The lowest BCUT2D eigenvalue weighted by Gasteiger charge is -2.36. The van der Waals surface area contributed by atoms with Gasteiger partial charge in [-0.05, 0) is 29.9 Å². The molecule has 0 bridgehead atoms. The smallest absolute Gasteiger partial charge is 0.264 e. The quantitative estimate of drug-likeness (QED) is 0.703. The third-order valence-electron chi connectivity index (χ3n) is 5.67. The van der Waals surface area contributed by atoms with Gasteiger partial charge in [0.15, 0.2) is 0 Å². The number of thiophene rings is 1. The molecular formula is C21H25N3O4S2. The minimum Gasteiger partial charge on any atom is -0.338 e. The molecule has 0 saturated carbocycles. The number of hydrogen-bond donors (Lipinski definition) is 0. The molecule has 2 amide bonds. The van der Waals surface area contributed by atoms with E-state index in [0.29, 0.717) is 30.9 Å². The second kappa shape index (κ2) is 8.87. The van der Waals surface area contributed by atoms with Crippen molar-refractivity contribution in [3.05, 3.63) is 58.3 Å². The van der Waals surface area contributed by atoms with E-state index in [1.807, 2.05) is 29.6 Å². The van der Waals surface area contributed by atoms with Gasteiger partial charge in [-0.25, -0.2) is 8.42 Å². The third-order valence-corrected chi connectivity index (χ3v) is 8.37. The van der Waals surface area contributed by atoms with Gasteiger partial charge in [0.2, 0.25) is 15.9 Å². The standard InChI is InChI=1S/C21H25N3O4S2/c25-20(18-8-4-10-24(18)21(26)19-9-5-15-29-19)22-11-13-23(14-12-22)30(27,28)16-17-6-2-1-3-7-17/h1-3,5-7,9,15,18H,4,8,10-14,16H2/t18-/m1/s1. The van der Waals surface area contributed by atoms with Crippen LogP contribution in [0.5, 0.6) is 0 Å². The molecule has 0 unspecified atom stereocenters. The molecule has 2 saturated heterocycles. The van der Waals surface area contributed by atoms with Crippen LogP contribution in [0.4, 0.5) is 0 Å². The number of amides is 2. The van der Waals surface area contributed by atoms with Crippen LogP contribution in [0.25, 0.3) is 0 Å². The number of nitrogens with zero attached hydrogens (tertiary/aromatic N) is 3. The number of benzene rings is 1. The van der Waals surface area contributed by atoms with Crippen molar-refractivity contribution in [1.29, 1.82) is 0 Å². The van der Waals surface area contributed by atoms with Gasteiger partial charge in [-0.2, -0.15) is 4.31 Å². The van der Waals surface area contributed by atoms with Crippen molar-refractivity contribution in [2.75, 3.05) is 32.7 Å². The molecule has 2 fully saturated rings. The van der Waals surface area contributed by atoms with Crippen LogP contribution in [0, 0.1) is 0 Å². The molecule has 160 valence electrons.